The molecule has 0 unspecified atom stereocenters. The number of hydrogen-bond acceptors (Lipinski definition) is 6. The predicted molar refractivity (Wildman–Crippen MR) is 69.0 cm³/mol. The molecule has 0 radical (unpaired) electrons. The van der Waals surface area contributed by atoms with Crippen LogP contribution in [0, 0.1) is 11.9 Å². The Bertz CT molecular complexity index is 572. The number of imidazole rings is 2. The van der Waals surface area contributed by atoms with Crippen molar-refractivity contribution < 1.29 is 27.8 Å². The number of nitrogens with one attached hydrogen (secondary N) is 2. The van der Waals surface area contributed by atoms with Crippen LogP contribution in [0.15, 0.2) is 12.7 Å². The van der Waals surface area contributed by atoms with Crippen molar-refractivity contribution in [2.24, 2.45) is 0 Å². The lowest BCUT2D eigenvalue weighted by molar-refractivity contribution is 0.0504. The molecule has 10 heteroatoms. The smallest absolute Gasteiger partial charge is 0.361 e. The summed E-state index contributed by atoms with van der Waals surface area (Å²) in [6.45, 7) is 3.71. The molecule has 0 saturated carbocycles. The third-order valence-electron chi connectivity index (χ3n) is 2.12. The van der Waals surface area contributed by atoms with Crippen molar-refractivity contribution in [3.05, 3.63) is 35.9 Å². The Morgan fingerprint density at radius 1 is 0.955 bits per heavy atom. The zero-order chi connectivity index (χ0) is 16.5. The van der Waals surface area contributed by atoms with Gasteiger partial charge in [-0.05, 0) is 13.8 Å². The molecule has 0 spiro atoms. The molecule has 0 aliphatic rings. The summed E-state index contributed by atoms with van der Waals surface area (Å²) in [6.07, 6.45) is 2.20. The first-order chi connectivity index (χ1) is 10.5. The number of ether oxygens (including phenoxy) is 2. The van der Waals surface area contributed by atoms with Gasteiger partial charge < -0.3 is 19.4 Å². The van der Waals surface area contributed by atoms with Gasteiger partial charge in [-0.25, -0.2) is 19.6 Å². The molecule has 22 heavy (non-hydrogen) atoms. The number of hydrogen-bond donors (Lipinski definition) is 2. The predicted octanol–water partition coefficient (Wildman–Crippen LogP) is 1.45. The SMILES string of the molecule is CCOC(=O)c1nc[nH]c1F.CCOC(=O)c1nc[nH]c1F. The fraction of sp³-hybridized carbons (Fsp3) is 0.333. The maximum Gasteiger partial charge on any atom is 0.361 e. The molecule has 2 N–H and O–H groups in total. The van der Waals surface area contributed by atoms with Crippen LogP contribution in [0.4, 0.5) is 8.78 Å². The first-order valence-electron chi connectivity index (χ1n) is 6.23. The highest BCUT2D eigenvalue weighted by molar-refractivity contribution is 5.87. The van der Waals surface area contributed by atoms with Crippen molar-refractivity contribution in [1.29, 1.82) is 0 Å². The highest BCUT2D eigenvalue weighted by atomic mass is 19.1. The monoisotopic (exact) mass is 316 g/mol. The summed E-state index contributed by atoms with van der Waals surface area (Å²) in [7, 11) is 0. The van der Waals surface area contributed by atoms with E-state index in [4.69, 9.17) is 0 Å². The molecular weight excluding hydrogens is 302 g/mol. The first-order valence-corrected chi connectivity index (χ1v) is 6.23. The molecule has 0 atom stereocenters. The Morgan fingerprint density at radius 2 is 1.32 bits per heavy atom. The maximum absolute atomic E-state index is 12.5. The number of halogens is 2. The van der Waals surface area contributed by atoms with Crippen LogP contribution in [0.3, 0.4) is 0 Å². The normalized spacial score (nSPS) is 9.64. The number of aromatic nitrogens is 4. The second-order valence-corrected chi connectivity index (χ2v) is 3.57. The molecule has 0 aliphatic carbocycles. The summed E-state index contributed by atoms with van der Waals surface area (Å²) in [5.41, 5.74) is -0.598. The molecule has 8 nitrogen and oxygen atoms in total. The second-order valence-electron chi connectivity index (χ2n) is 3.57. The average molecular weight is 316 g/mol. The van der Waals surface area contributed by atoms with Gasteiger partial charge in [0.2, 0.25) is 23.3 Å². The van der Waals surface area contributed by atoms with Crippen LogP contribution < -0.4 is 0 Å². The van der Waals surface area contributed by atoms with Crippen molar-refractivity contribution >= 4 is 11.9 Å². The summed E-state index contributed by atoms with van der Waals surface area (Å²) in [5.74, 6) is -3.01. The standard InChI is InChI=1S/2C6H7FN2O2/c2*1-2-11-6(10)4-5(7)9-3-8-4/h2*3H,2H2,1H3,(H,8,9). The minimum atomic E-state index is -0.761. The summed E-state index contributed by atoms with van der Waals surface area (Å²) in [5, 5.41) is 0. The van der Waals surface area contributed by atoms with Crippen LogP contribution in [-0.2, 0) is 9.47 Å². The van der Waals surface area contributed by atoms with Crippen molar-refractivity contribution in [3.8, 4) is 0 Å². The van der Waals surface area contributed by atoms with Crippen molar-refractivity contribution in [3.63, 3.8) is 0 Å². The summed E-state index contributed by atoms with van der Waals surface area (Å²) in [6, 6.07) is 0. The molecule has 0 aliphatic heterocycles. The topological polar surface area (TPSA) is 110 Å². The Labute approximate surface area is 123 Å². The van der Waals surface area contributed by atoms with E-state index in [0.717, 1.165) is 12.7 Å². The van der Waals surface area contributed by atoms with Crippen LogP contribution in [-0.4, -0.2) is 45.1 Å². The molecular formula is C12H14F2N4O4. The van der Waals surface area contributed by atoms with Crippen LogP contribution in [0.5, 0.6) is 0 Å². The molecule has 0 bridgehead atoms. The maximum atomic E-state index is 12.5. The quantitative estimate of drug-likeness (QED) is 0.826. The van der Waals surface area contributed by atoms with Gasteiger partial charge in [-0.15, -0.1) is 0 Å². The minimum absolute atomic E-state index is 0.213. The number of carbonyl (C=O) groups is 2. The molecule has 2 rings (SSSR count). The van der Waals surface area contributed by atoms with Gasteiger partial charge in [0.15, 0.2) is 0 Å². The molecule has 2 aromatic heterocycles. The second kappa shape index (κ2) is 8.49. The van der Waals surface area contributed by atoms with Gasteiger partial charge in [-0.2, -0.15) is 8.78 Å². The van der Waals surface area contributed by atoms with E-state index in [1.165, 1.54) is 0 Å². The lowest BCUT2D eigenvalue weighted by atomic mass is 10.5. The van der Waals surface area contributed by atoms with Crippen LogP contribution in [0.2, 0.25) is 0 Å². The lowest BCUT2D eigenvalue weighted by Gasteiger charge is -1.95. The van der Waals surface area contributed by atoms with Crippen molar-refractivity contribution in [2.75, 3.05) is 13.2 Å². The molecule has 0 aromatic carbocycles. The van der Waals surface area contributed by atoms with E-state index in [-0.39, 0.29) is 24.6 Å². The number of esters is 2. The third kappa shape index (κ3) is 4.65. The van der Waals surface area contributed by atoms with Gasteiger partial charge >= 0.3 is 11.9 Å². The highest BCUT2D eigenvalue weighted by Crippen LogP contribution is 2.02. The zero-order valence-electron chi connectivity index (χ0n) is 11.9. The van der Waals surface area contributed by atoms with E-state index in [0.29, 0.717) is 0 Å². The van der Waals surface area contributed by atoms with E-state index in [1.54, 1.807) is 13.8 Å². The Balaban J connectivity index is 0.000000220. The fourth-order valence-electron chi connectivity index (χ4n) is 1.24. The van der Waals surface area contributed by atoms with Crippen molar-refractivity contribution in [1.82, 2.24) is 19.9 Å². The summed E-state index contributed by atoms with van der Waals surface area (Å²) < 4.78 is 34.0. The number of H-pyrrole nitrogens is 2. The molecule has 2 aromatic rings. The fourth-order valence-corrected chi connectivity index (χ4v) is 1.24. The van der Waals surface area contributed by atoms with Gasteiger partial charge in [0, 0.05) is 0 Å². The zero-order valence-corrected chi connectivity index (χ0v) is 11.9. The number of nitrogens with zero attached hydrogens (tertiary/aromatic N) is 2. The number of aromatic amines is 2. The summed E-state index contributed by atoms with van der Waals surface area (Å²) in [4.78, 5) is 32.7. The Hall–Kier alpha value is -2.78. The molecule has 0 fully saturated rings. The van der Waals surface area contributed by atoms with Gasteiger partial charge in [-0.3, -0.25) is 0 Å². The Morgan fingerprint density at radius 3 is 1.55 bits per heavy atom. The first kappa shape index (κ1) is 17.3. The highest BCUT2D eigenvalue weighted by Gasteiger charge is 2.15. The van der Waals surface area contributed by atoms with Crippen LogP contribution in [0.1, 0.15) is 34.8 Å². The van der Waals surface area contributed by atoms with Crippen LogP contribution in [0.25, 0.3) is 0 Å². The van der Waals surface area contributed by atoms with Gasteiger partial charge in [0.1, 0.15) is 0 Å². The molecule has 0 amide bonds. The van der Waals surface area contributed by atoms with Gasteiger partial charge in [-0.1, -0.05) is 0 Å². The van der Waals surface area contributed by atoms with Crippen LogP contribution >= 0.6 is 0 Å². The largest absolute Gasteiger partial charge is 0.461 e. The van der Waals surface area contributed by atoms with Crippen molar-refractivity contribution in [2.45, 2.75) is 13.8 Å². The Kier molecular flexibility index (Phi) is 6.67. The third-order valence-corrected chi connectivity index (χ3v) is 2.12. The van der Waals surface area contributed by atoms with E-state index >= 15 is 0 Å². The summed E-state index contributed by atoms with van der Waals surface area (Å²) >= 11 is 0. The minimum Gasteiger partial charge on any atom is -0.461 e. The van der Waals surface area contributed by atoms with Gasteiger partial charge in [0.25, 0.3) is 0 Å². The van der Waals surface area contributed by atoms with E-state index in [9.17, 15) is 18.4 Å². The van der Waals surface area contributed by atoms with Gasteiger partial charge in [0.05, 0.1) is 25.9 Å². The van der Waals surface area contributed by atoms with E-state index < -0.39 is 23.8 Å². The average Bonchev–Trinajstić information content (AvgIpc) is 3.08. The molecule has 120 valence electrons. The molecule has 0 saturated heterocycles. The van der Waals surface area contributed by atoms with E-state index in [1.807, 2.05) is 0 Å². The number of rotatable bonds is 4. The number of carbonyl (C=O) groups excluding carboxylic acids is 2. The molecule has 2 heterocycles. The van der Waals surface area contributed by atoms with E-state index in [2.05, 4.69) is 29.4 Å². The lowest BCUT2D eigenvalue weighted by Crippen LogP contribution is -2.06.